The molecule has 0 bridgehead atoms. The summed E-state index contributed by atoms with van der Waals surface area (Å²) in [6.45, 7) is 1.66. The van der Waals surface area contributed by atoms with Crippen molar-refractivity contribution in [2.75, 3.05) is 26.7 Å². The number of carbonyl (C=O) groups is 1. The third-order valence-electron chi connectivity index (χ3n) is 3.18. The summed E-state index contributed by atoms with van der Waals surface area (Å²) >= 11 is 7.37. The zero-order valence-corrected chi connectivity index (χ0v) is 15.8. The van der Waals surface area contributed by atoms with E-state index in [2.05, 4.69) is 4.98 Å². The molecule has 2 N–H and O–H groups in total. The minimum absolute atomic E-state index is 0. The Balaban J connectivity index is 0.00000288. The van der Waals surface area contributed by atoms with E-state index in [4.69, 9.17) is 22.1 Å². The maximum absolute atomic E-state index is 12.3. The number of hydrogen-bond donors (Lipinski definition) is 1. The van der Waals surface area contributed by atoms with E-state index in [9.17, 15) is 4.79 Å². The molecule has 24 heavy (non-hydrogen) atoms. The van der Waals surface area contributed by atoms with Crippen LogP contribution in [0.2, 0.25) is 5.02 Å². The minimum Gasteiger partial charge on any atom is -0.493 e. The van der Waals surface area contributed by atoms with Crippen LogP contribution in [-0.2, 0) is 6.42 Å². The van der Waals surface area contributed by atoms with Gasteiger partial charge in [0.15, 0.2) is 0 Å². The average molecular weight is 390 g/mol. The molecule has 1 heterocycles. The molecule has 0 fully saturated rings. The molecule has 0 atom stereocenters. The normalized spacial score (nSPS) is 10.1. The van der Waals surface area contributed by atoms with E-state index in [-0.39, 0.29) is 18.3 Å². The molecule has 0 unspecified atom stereocenters. The molecule has 5 nitrogen and oxygen atoms in total. The summed E-state index contributed by atoms with van der Waals surface area (Å²) < 4.78 is 5.61. The second-order valence-corrected chi connectivity index (χ2v) is 6.43. The van der Waals surface area contributed by atoms with Gasteiger partial charge in [-0.05, 0) is 31.2 Å². The number of benzene rings is 1. The Bertz CT molecular complexity index is 652. The lowest BCUT2D eigenvalue weighted by Crippen LogP contribution is -2.29. The first-order valence-electron chi connectivity index (χ1n) is 7.38. The topological polar surface area (TPSA) is 68.5 Å². The first-order valence-corrected chi connectivity index (χ1v) is 8.64. The molecule has 0 spiro atoms. The van der Waals surface area contributed by atoms with Crippen LogP contribution in [0.1, 0.15) is 21.9 Å². The van der Waals surface area contributed by atoms with Gasteiger partial charge in [-0.1, -0.05) is 17.7 Å². The standard InChI is InChI=1S/C16H20ClN3O2S.ClH/c1-20(16(21)14-11-23-15(19-14)6-7-18)8-3-9-22-13-5-2-4-12(17)10-13;/h2,4-5,10-11H,3,6-9,18H2,1H3;1H. The number of aromatic nitrogens is 1. The molecule has 2 aromatic rings. The van der Waals surface area contributed by atoms with Crippen LogP contribution in [0.15, 0.2) is 29.6 Å². The Morgan fingerprint density at radius 1 is 1.46 bits per heavy atom. The van der Waals surface area contributed by atoms with Gasteiger partial charge in [0.1, 0.15) is 11.4 Å². The van der Waals surface area contributed by atoms with Gasteiger partial charge in [-0.3, -0.25) is 4.79 Å². The van der Waals surface area contributed by atoms with Crippen molar-refractivity contribution in [2.24, 2.45) is 5.73 Å². The molecule has 1 aromatic heterocycles. The van der Waals surface area contributed by atoms with Crippen molar-refractivity contribution in [3.8, 4) is 5.75 Å². The molecule has 0 aliphatic carbocycles. The number of halogens is 2. The van der Waals surface area contributed by atoms with E-state index in [1.165, 1.54) is 11.3 Å². The number of carbonyl (C=O) groups excluding carboxylic acids is 1. The Hall–Kier alpha value is -1.34. The highest BCUT2D eigenvalue weighted by Gasteiger charge is 2.15. The predicted octanol–water partition coefficient (Wildman–Crippen LogP) is 3.26. The van der Waals surface area contributed by atoms with Crippen LogP contribution >= 0.6 is 35.3 Å². The lowest BCUT2D eigenvalue weighted by Gasteiger charge is -2.16. The first-order chi connectivity index (χ1) is 11.1. The van der Waals surface area contributed by atoms with Gasteiger partial charge in [0.05, 0.1) is 11.6 Å². The SMILES string of the molecule is CN(CCCOc1cccc(Cl)c1)C(=O)c1csc(CCN)n1.Cl. The fourth-order valence-corrected chi connectivity index (χ4v) is 2.96. The summed E-state index contributed by atoms with van der Waals surface area (Å²) in [5.41, 5.74) is 5.98. The van der Waals surface area contributed by atoms with E-state index < -0.39 is 0 Å². The van der Waals surface area contributed by atoms with Gasteiger partial charge in [0.2, 0.25) is 0 Å². The lowest BCUT2D eigenvalue weighted by molar-refractivity contribution is 0.0782. The average Bonchev–Trinajstić information content (AvgIpc) is 2.99. The second kappa shape index (κ2) is 10.5. The molecular weight excluding hydrogens is 369 g/mol. The van der Waals surface area contributed by atoms with E-state index in [1.807, 2.05) is 12.1 Å². The van der Waals surface area contributed by atoms with Gasteiger partial charge in [-0.15, -0.1) is 23.7 Å². The van der Waals surface area contributed by atoms with Crippen molar-refractivity contribution >= 4 is 41.3 Å². The zero-order valence-electron chi connectivity index (χ0n) is 13.4. The fraction of sp³-hybridized carbons (Fsp3) is 0.375. The van der Waals surface area contributed by atoms with Crippen LogP contribution in [0.25, 0.3) is 0 Å². The Labute approximate surface area is 157 Å². The van der Waals surface area contributed by atoms with Gasteiger partial charge >= 0.3 is 0 Å². The molecule has 0 saturated carbocycles. The summed E-state index contributed by atoms with van der Waals surface area (Å²) in [7, 11) is 1.77. The third-order valence-corrected chi connectivity index (χ3v) is 4.32. The number of rotatable bonds is 8. The number of thiazole rings is 1. The van der Waals surface area contributed by atoms with Gasteiger partial charge in [0, 0.05) is 30.4 Å². The number of hydrogen-bond acceptors (Lipinski definition) is 5. The van der Waals surface area contributed by atoms with Gasteiger partial charge < -0.3 is 15.4 Å². The van der Waals surface area contributed by atoms with E-state index in [0.717, 1.165) is 17.2 Å². The number of amides is 1. The van der Waals surface area contributed by atoms with Gasteiger partial charge in [0.25, 0.3) is 5.91 Å². The third kappa shape index (κ3) is 6.28. The summed E-state index contributed by atoms with van der Waals surface area (Å²) in [5.74, 6) is 0.657. The molecule has 132 valence electrons. The van der Waals surface area contributed by atoms with Gasteiger partial charge in [-0.2, -0.15) is 0 Å². The summed E-state index contributed by atoms with van der Waals surface area (Å²) in [6, 6.07) is 7.27. The first kappa shape index (κ1) is 20.7. The van der Waals surface area contributed by atoms with Crippen LogP contribution in [-0.4, -0.2) is 42.5 Å². The monoisotopic (exact) mass is 389 g/mol. The van der Waals surface area contributed by atoms with Crippen molar-refractivity contribution in [1.29, 1.82) is 0 Å². The molecule has 8 heteroatoms. The van der Waals surface area contributed by atoms with E-state index in [0.29, 0.717) is 36.8 Å². The van der Waals surface area contributed by atoms with Crippen LogP contribution in [0.4, 0.5) is 0 Å². The van der Waals surface area contributed by atoms with E-state index in [1.54, 1.807) is 29.5 Å². The number of ether oxygens (including phenoxy) is 1. The Kier molecular flexibility index (Phi) is 9.07. The Morgan fingerprint density at radius 3 is 2.96 bits per heavy atom. The summed E-state index contributed by atoms with van der Waals surface area (Å²) in [5, 5.41) is 3.33. The maximum Gasteiger partial charge on any atom is 0.273 e. The Morgan fingerprint density at radius 2 is 2.25 bits per heavy atom. The lowest BCUT2D eigenvalue weighted by atomic mass is 10.3. The maximum atomic E-state index is 12.3. The van der Waals surface area contributed by atoms with Crippen molar-refractivity contribution in [1.82, 2.24) is 9.88 Å². The van der Waals surface area contributed by atoms with Crippen molar-refractivity contribution in [3.05, 3.63) is 45.4 Å². The molecule has 2 rings (SSSR count). The molecular formula is C16H21Cl2N3O2S. The second-order valence-electron chi connectivity index (χ2n) is 5.05. The fourth-order valence-electron chi connectivity index (χ4n) is 1.99. The highest BCUT2D eigenvalue weighted by atomic mass is 35.5. The van der Waals surface area contributed by atoms with Gasteiger partial charge in [-0.25, -0.2) is 4.98 Å². The highest BCUT2D eigenvalue weighted by Crippen LogP contribution is 2.17. The highest BCUT2D eigenvalue weighted by molar-refractivity contribution is 7.09. The number of nitrogens with zero attached hydrogens (tertiary/aromatic N) is 2. The quantitative estimate of drug-likeness (QED) is 0.703. The van der Waals surface area contributed by atoms with Crippen LogP contribution < -0.4 is 10.5 Å². The number of nitrogens with two attached hydrogens (primary N) is 1. The predicted molar refractivity (Wildman–Crippen MR) is 101 cm³/mol. The smallest absolute Gasteiger partial charge is 0.273 e. The molecule has 0 radical (unpaired) electrons. The van der Waals surface area contributed by atoms with Crippen LogP contribution in [0.5, 0.6) is 5.75 Å². The zero-order chi connectivity index (χ0) is 16.7. The molecule has 0 saturated heterocycles. The van der Waals surface area contributed by atoms with Crippen LogP contribution in [0.3, 0.4) is 0 Å². The molecule has 1 amide bonds. The van der Waals surface area contributed by atoms with E-state index >= 15 is 0 Å². The molecule has 0 aliphatic heterocycles. The van der Waals surface area contributed by atoms with Crippen molar-refractivity contribution in [3.63, 3.8) is 0 Å². The molecule has 1 aromatic carbocycles. The molecule has 0 aliphatic rings. The van der Waals surface area contributed by atoms with Crippen molar-refractivity contribution < 1.29 is 9.53 Å². The summed E-state index contributed by atoms with van der Waals surface area (Å²) in [4.78, 5) is 18.2. The minimum atomic E-state index is -0.0766. The largest absolute Gasteiger partial charge is 0.493 e. The summed E-state index contributed by atoms with van der Waals surface area (Å²) in [6.07, 6.45) is 1.43. The van der Waals surface area contributed by atoms with Crippen LogP contribution in [0, 0.1) is 0 Å². The van der Waals surface area contributed by atoms with Crippen molar-refractivity contribution in [2.45, 2.75) is 12.8 Å².